The van der Waals surface area contributed by atoms with E-state index in [4.69, 9.17) is 0 Å². The number of nitrogens with zero attached hydrogens (tertiary/aromatic N) is 2. The SMILES string of the molecule is Cc1cc(-c2cn3cc(C=O)ccc3n2)ccc1F. The number of hydrogen-bond acceptors (Lipinski definition) is 2. The van der Waals surface area contributed by atoms with Crippen molar-refractivity contribution in [3.05, 3.63) is 59.7 Å². The van der Waals surface area contributed by atoms with Crippen molar-refractivity contribution in [3.8, 4) is 11.3 Å². The predicted octanol–water partition coefficient (Wildman–Crippen LogP) is 3.26. The summed E-state index contributed by atoms with van der Waals surface area (Å²) in [5.74, 6) is -0.226. The molecule has 1 aromatic carbocycles. The average Bonchev–Trinajstić information content (AvgIpc) is 2.84. The molecule has 0 aliphatic rings. The van der Waals surface area contributed by atoms with E-state index < -0.39 is 0 Å². The number of rotatable bonds is 2. The number of carbonyl (C=O) groups is 1. The van der Waals surface area contributed by atoms with Crippen molar-refractivity contribution >= 4 is 11.9 Å². The lowest BCUT2D eigenvalue weighted by molar-refractivity contribution is 0.112. The molecule has 94 valence electrons. The van der Waals surface area contributed by atoms with Gasteiger partial charge in [-0.15, -0.1) is 0 Å². The molecule has 2 aromatic heterocycles. The van der Waals surface area contributed by atoms with E-state index >= 15 is 0 Å². The average molecular weight is 254 g/mol. The second-order valence-electron chi connectivity index (χ2n) is 4.44. The topological polar surface area (TPSA) is 34.4 Å². The van der Waals surface area contributed by atoms with Crippen LogP contribution in [0.3, 0.4) is 0 Å². The van der Waals surface area contributed by atoms with Crippen LogP contribution in [0.4, 0.5) is 4.39 Å². The van der Waals surface area contributed by atoms with E-state index in [1.165, 1.54) is 6.07 Å². The van der Waals surface area contributed by atoms with Crippen LogP contribution in [0, 0.1) is 12.7 Å². The highest BCUT2D eigenvalue weighted by molar-refractivity contribution is 5.75. The second-order valence-corrected chi connectivity index (χ2v) is 4.44. The monoisotopic (exact) mass is 254 g/mol. The van der Waals surface area contributed by atoms with Gasteiger partial charge in [-0.25, -0.2) is 9.37 Å². The summed E-state index contributed by atoms with van der Waals surface area (Å²) in [6.07, 6.45) is 4.34. The van der Waals surface area contributed by atoms with Gasteiger partial charge in [0.2, 0.25) is 0 Å². The number of aromatic nitrogens is 2. The minimum absolute atomic E-state index is 0.226. The Hall–Kier alpha value is -2.49. The number of aryl methyl sites for hydroxylation is 1. The molecule has 19 heavy (non-hydrogen) atoms. The Kier molecular flexibility index (Phi) is 2.63. The van der Waals surface area contributed by atoms with E-state index in [1.807, 2.05) is 6.20 Å². The molecule has 0 unspecified atom stereocenters. The summed E-state index contributed by atoms with van der Waals surface area (Å²) in [7, 11) is 0. The van der Waals surface area contributed by atoms with Gasteiger partial charge in [0.15, 0.2) is 6.29 Å². The van der Waals surface area contributed by atoms with Crippen LogP contribution in [0.25, 0.3) is 16.9 Å². The maximum absolute atomic E-state index is 13.3. The summed E-state index contributed by atoms with van der Waals surface area (Å²) in [6, 6.07) is 8.40. The van der Waals surface area contributed by atoms with Gasteiger partial charge in [-0.05, 0) is 42.8 Å². The van der Waals surface area contributed by atoms with E-state index in [9.17, 15) is 9.18 Å². The van der Waals surface area contributed by atoms with Crippen molar-refractivity contribution in [2.45, 2.75) is 6.92 Å². The number of carbonyl (C=O) groups excluding carboxylic acids is 1. The first-order chi connectivity index (χ1) is 9.17. The van der Waals surface area contributed by atoms with Gasteiger partial charge in [-0.2, -0.15) is 0 Å². The highest BCUT2D eigenvalue weighted by Gasteiger charge is 2.06. The minimum Gasteiger partial charge on any atom is -0.306 e. The van der Waals surface area contributed by atoms with Crippen LogP contribution >= 0.6 is 0 Å². The molecule has 0 spiro atoms. The zero-order valence-electron chi connectivity index (χ0n) is 10.3. The van der Waals surface area contributed by atoms with Crippen LogP contribution in [0.5, 0.6) is 0 Å². The van der Waals surface area contributed by atoms with Gasteiger partial charge < -0.3 is 4.40 Å². The number of hydrogen-bond donors (Lipinski definition) is 0. The highest BCUT2D eigenvalue weighted by Crippen LogP contribution is 2.21. The number of pyridine rings is 1. The van der Waals surface area contributed by atoms with Crippen LogP contribution in [0.2, 0.25) is 0 Å². The lowest BCUT2D eigenvalue weighted by Crippen LogP contribution is -1.86. The van der Waals surface area contributed by atoms with Crippen LogP contribution in [0.15, 0.2) is 42.7 Å². The lowest BCUT2D eigenvalue weighted by atomic mass is 10.1. The molecule has 2 heterocycles. The first kappa shape index (κ1) is 11.6. The lowest BCUT2D eigenvalue weighted by Gasteiger charge is -1.99. The molecule has 3 aromatic rings. The maximum Gasteiger partial charge on any atom is 0.151 e. The van der Waals surface area contributed by atoms with Gasteiger partial charge in [0.25, 0.3) is 0 Å². The van der Waals surface area contributed by atoms with Gasteiger partial charge in [0.05, 0.1) is 5.69 Å². The Morgan fingerprint density at radius 2 is 2.05 bits per heavy atom. The fourth-order valence-corrected chi connectivity index (χ4v) is 2.02. The third-order valence-electron chi connectivity index (χ3n) is 3.06. The highest BCUT2D eigenvalue weighted by atomic mass is 19.1. The van der Waals surface area contributed by atoms with Crippen molar-refractivity contribution in [1.29, 1.82) is 0 Å². The van der Waals surface area contributed by atoms with Gasteiger partial charge >= 0.3 is 0 Å². The summed E-state index contributed by atoms with van der Waals surface area (Å²) < 4.78 is 15.0. The Morgan fingerprint density at radius 3 is 2.79 bits per heavy atom. The van der Waals surface area contributed by atoms with E-state index in [0.29, 0.717) is 11.1 Å². The molecule has 0 saturated heterocycles. The number of halogens is 1. The first-order valence-corrected chi connectivity index (χ1v) is 5.88. The summed E-state index contributed by atoms with van der Waals surface area (Å²) in [6.45, 7) is 1.72. The smallest absolute Gasteiger partial charge is 0.151 e. The zero-order valence-corrected chi connectivity index (χ0v) is 10.3. The molecule has 0 aliphatic carbocycles. The van der Waals surface area contributed by atoms with Gasteiger partial charge in [-0.3, -0.25) is 4.79 Å². The molecule has 3 rings (SSSR count). The maximum atomic E-state index is 13.3. The molecule has 0 saturated carbocycles. The van der Waals surface area contributed by atoms with Crippen LogP contribution in [-0.2, 0) is 0 Å². The number of aldehydes is 1. The predicted molar refractivity (Wildman–Crippen MR) is 70.7 cm³/mol. The molecule has 0 amide bonds. The van der Waals surface area contributed by atoms with Gasteiger partial charge in [0, 0.05) is 23.5 Å². The quantitative estimate of drug-likeness (QED) is 0.658. The van der Waals surface area contributed by atoms with Crippen LogP contribution in [-0.4, -0.2) is 15.7 Å². The molecular formula is C15H11FN2O. The Labute approximate surface area is 109 Å². The normalized spacial score (nSPS) is 10.8. The molecule has 3 nitrogen and oxygen atoms in total. The fourth-order valence-electron chi connectivity index (χ4n) is 2.02. The summed E-state index contributed by atoms with van der Waals surface area (Å²) >= 11 is 0. The van der Waals surface area contributed by atoms with E-state index in [0.717, 1.165) is 23.2 Å². The van der Waals surface area contributed by atoms with E-state index in [1.54, 1.807) is 41.8 Å². The van der Waals surface area contributed by atoms with Crippen molar-refractivity contribution < 1.29 is 9.18 Å². The number of fused-ring (bicyclic) bond motifs is 1. The van der Waals surface area contributed by atoms with Gasteiger partial charge in [-0.1, -0.05) is 0 Å². The van der Waals surface area contributed by atoms with Crippen LogP contribution < -0.4 is 0 Å². The second kappa shape index (κ2) is 4.31. The standard InChI is InChI=1S/C15H11FN2O/c1-10-6-12(3-4-13(10)16)14-8-18-7-11(9-19)2-5-15(18)17-14/h2-9H,1H3. The Bertz CT molecular complexity index is 777. The first-order valence-electron chi connectivity index (χ1n) is 5.88. The Balaban J connectivity index is 2.14. The molecular weight excluding hydrogens is 243 g/mol. The number of imidazole rings is 1. The molecule has 0 N–H and O–H groups in total. The zero-order chi connectivity index (χ0) is 13.4. The fraction of sp³-hybridized carbons (Fsp3) is 0.0667. The largest absolute Gasteiger partial charge is 0.306 e. The Morgan fingerprint density at radius 1 is 1.21 bits per heavy atom. The molecule has 0 bridgehead atoms. The van der Waals surface area contributed by atoms with Crippen molar-refractivity contribution in [1.82, 2.24) is 9.38 Å². The molecule has 0 atom stereocenters. The summed E-state index contributed by atoms with van der Waals surface area (Å²) in [4.78, 5) is 15.2. The van der Waals surface area contributed by atoms with E-state index in [2.05, 4.69) is 4.98 Å². The number of benzene rings is 1. The third-order valence-corrected chi connectivity index (χ3v) is 3.06. The molecule has 0 radical (unpaired) electrons. The molecule has 4 heteroatoms. The minimum atomic E-state index is -0.226. The van der Waals surface area contributed by atoms with Crippen molar-refractivity contribution in [2.24, 2.45) is 0 Å². The van der Waals surface area contributed by atoms with Crippen molar-refractivity contribution in [2.75, 3.05) is 0 Å². The van der Waals surface area contributed by atoms with Crippen LogP contribution in [0.1, 0.15) is 15.9 Å². The molecule has 0 fully saturated rings. The van der Waals surface area contributed by atoms with Crippen molar-refractivity contribution in [3.63, 3.8) is 0 Å². The van der Waals surface area contributed by atoms with E-state index in [-0.39, 0.29) is 5.82 Å². The molecule has 0 aliphatic heterocycles. The summed E-state index contributed by atoms with van der Waals surface area (Å²) in [5.41, 5.74) is 3.54. The van der Waals surface area contributed by atoms with Gasteiger partial charge in [0.1, 0.15) is 11.5 Å². The summed E-state index contributed by atoms with van der Waals surface area (Å²) in [5, 5.41) is 0. The third kappa shape index (κ3) is 2.01.